The van der Waals surface area contributed by atoms with Crippen LogP contribution in [0.4, 0.5) is 17.1 Å². The molecular formula is C72H52N2. The normalized spacial score (nSPS) is 11.9. The predicted octanol–water partition coefficient (Wildman–Crippen LogP) is 19.7. The van der Waals surface area contributed by atoms with Crippen LogP contribution in [0.15, 0.2) is 285 Å². The maximum absolute atomic E-state index is 2.44. The second-order valence-corrected chi connectivity index (χ2v) is 19.2. The van der Waals surface area contributed by atoms with Gasteiger partial charge in [0.1, 0.15) is 0 Å². The Morgan fingerprint density at radius 2 is 0.622 bits per heavy atom. The van der Waals surface area contributed by atoms with Crippen LogP contribution < -0.4 is 4.90 Å². The Kier molecular flexibility index (Phi) is 11.8. The van der Waals surface area contributed by atoms with Gasteiger partial charge in [0.15, 0.2) is 0 Å². The van der Waals surface area contributed by atoms with E-state index in [0.717, 1.165) is 29.9 Å². The third kappa shape index (κ3) is 8.74. The van der Waals surface area contributed by atoms with Crippen molar-refractivity contribution in [2.75, 3.05) is 4.90 Å². The van der Waals surface area contributed by atoms with Crippen molar-refractivity contribution in [1.29, 1.82) is 0 Å². The van der Waals surface area contributed by atoms with Crippen LogP contribution in [0.1, 0.15) is 17.7 Å². The first-order chi connectivity index (χ1) is 36.7. The molecule has 350 valence electrons. The van der Waals surface area contributed by atoms with E-state index >= 15 is 0 Å². The minimum Gasteiger partial charge on any atom is -0.311 e. The Morgan fingerprint density at radius 1 is 0.284 bits per heavy atom. The maximum Gasteiger partial charge on any atom is 0.0537 e. The number of para-hydroxylation sites is 1. The Bertz CT molecular complexity index is 3810. The molecule has 0 amide bonds. The molecule has 1 heterocycles. The van der Waals surface area contributed by atoms with Gasteiger partial charge in [-0.1, -0.05) is 206 Å². The number of aromatic nitrogens is 1. The Hall–Kier alpha value is -9.50. The molecule has 0 unspecified atom stereocenters. The number of hydrogen-bond donors (Lipinski definition) is 0. The van der Waals surface area contributed by atoms with Gasteiger partial charge in [-0.25, -0.2) is 0 Å². The lowest BCUT2D eigenvalue weighted by atomic mass is 9.96. The predicted molar refractivity (Wildman–Crippen MR) is 313 cm³/mol. The van der Waals surface area contributed by atoms with Gasteiger partial charge in [-0.15, -0.1) is 0 Å². The summed E-state index contributed by atoms with van der Waals surface area (Å²) in [4.78, 5) is 2.37. The van der Waals surface area contributed by atoms with Crippen LogP contribution in [0.25, 0.3) is 101 Å². The first-order valence-electron chi connectivity index (χ1n) is 25.7. The molecule has 0 saturated heterocycles. The third-order valence-corrected chi connectivity index (χ3v) is 14.7. The van der Waals surface area contributed by atoms with Crippen molar-refractivity contribution in [1.82, 2.24) is 4.57 Å². The average molecular weight is 945 g/mol. The number of nitrogens with zero attached hydrogens (tertiary/aromatic N) is 2. The number of hydrogen-bond acceptors (Lipinski definition) is 1. The van der Waals surface area contributed by atoms with Crippen LogP contribution in [0.2, 0.25) is 0 Å². The summed E-state index contributed by atoms with van der Waals surface area (Å²) in [6, 6.07) is 102. The van der Waals surface area contributed by atoms with Gasteiger partial charge in [0.25, 0.3) is 0 Å². The summed E-state index contributed by atoms with van der Waals surface area (Å²) in [6.45, 7) is 0. The monoisotopic (exact) mass is 944 g/mol. The van der Waals surface area contributed by atoms with Gasteiger partial charge in [-0.2, -0.15) is 0 Å². The molecule has 13 rings (SSSR count). The summed E-state index contributed by atoms with van der Waals surface area (Å²) < 4.78 is 2.44. The molecule has 0 fully saturated rings. The minimum absolute atomic E-state index is 1.07. The van der Waals surface area contributed by atoms with Gasteiger partial charge in [0.05, 0.1) is 5.52 Å². The molecule has 1 aromatic heterocycles. The standard InChI is InChI=1S/C72H52N2/c1-3-16-51(17-4-1)56-20-11-24-60(46-56)62-26-13-22-58(48-62)53-34-40-65(41-35-53)73(66-42-36-54(37-43-66)59-23-14-27-63(49-59)61-25-12-21-57(47-61)52-18-5-2-6-19-52)67-44-38-55(39-45-67)64-28-15-29-68(50-64)74-71-32-9-7-30-69(71)70-31-8-10-33-72(70)74/h1-7,9-30,32-50H,8,31H2. The van der Waals surface area contributed by atoms with Crippen molar-refractivity contribution < 1.29 is 0 Å². The molecule has 0 radical (unpaired) electrons. The highest BCUT2D eigenvalue weighted by Crippen LogP contribution is 2.40. The first-order valence-corrected chi connectivity index (χ1v) is 25.7. The highest BCUT2D eigenvalue weighted by atomic mass is 15.1. The number of anilines is 3. The molecule has 0 N–H and O–H groups in total. The molecule has 0 aliphatic heterocycles. The van der Waals surface area contributed by atoms with Crippen molar-refractivity contribution in [3.63, 3.8) is 0 Å². The van der Waals surface area contributed by atoms with E-state index < -0.39 is 0 Å². The van der Waals surface area contributed by atoms with Gasteiger partial charge in [0.2, 0.25) is 0 Å². The van der Waals surface area contributed by atoms with Crippen molar-refractivity contribution in [2.24, 2.45) is 0 Å². The Morgan fingerprint density at radius 3 is 1.05 bits per heavy atom. The van der Waals surface area contributed by atoms with Crippen LogP contribution in [0.5, 0.6) is 0 Å². The van der Waals surface area contributed by atoms with Crippen LogP contribution in [0, 0.1) is 0 Å². The number of allylic oxidation sites excluding steroid dienone is 1. The molecule has 12 aromatic rings. The van der Waals surface area contributed by atoms with Crippen molar-refractivity contribution in [3.05, 3.63) is 296 Å². The summed E-state index contributed by atoms with van der Waals surface area (Å²) in [7, 11) is 0. The van der Waals surface area contributed by atoms with Crippen LogP contribution in [-0.2, 0) is 6.42 Å². The van der Waals surface area contributed by atoms with Crippen molar-refractivity contribution in [3.8, 4) is 83.6 Å². The van der Waals surface area contributed by atoms with E-state index in [1.54, 1.807) is 0 Å². The van der Waals surface area contributed by atoms with E-state index in [0.29, 0.717) is 0 Å². The van der Waals surface area contributed by atoms with E-state index in [1.165, 1.54) is 106 Å². The highest BCUT2D eigenvalue weighted by Gasteiger charge is 2.19. The lowest BCUT2D eigenvalue weighted by Crippen LogP contribution is -2.09. The highest BCUT2D eigenvalue weighted by molar-refractivity contribution is 5.91. The average Bonchev–Trinajstić information content (AvgIpc) is 3.84. The molecule has 1 aliphatic carbocycles. The quantitative estimate of drug-likeness (QED) is 0.125. The number of benzene rings is 11. The topological polar surface area (TPSA) is 8.17 Å². The number of aryl methyl sites for hydroxylation is 1. The summed E-state index contributed by atoms with van der Waals surface area (Å²) >= 11 is 0. The largest absolute Gasteiger partial charge is 0.311 e. The van der Waals surface area contributed by atoms with Crippen LogP contribution in [-0.4, -0.2) is 4.57 Å². The summed E-state index contributed by atoms with van der Waals surface area (Å²) in [6.07, 6.45) is 6.76. The maximum atomic E-state index is 2.44. The molecule has 2 nitrogen and oxygen atoms in total. The fourth-order valence-corrected chi connectivity index (χ4v) is 10.9. The van der Waals surface area contributed by atoms with Gasteiger partial charge < -0.3 is 9.47 Å². The number of fused-ring (bicyclic) bond motifs is 3. The van der Waals surface area contributed by atoms with Gasteiger partial charge in [-0.05, 0) is 181 Å². The van der Waals surface area contributed by atoms with Crippen molar-refractivity contribution in [2.45, 2.75) is 12.8 Å². The third-order valence-electron chi connectivity index (χ3n) is 14.7. The molecule has 2 heteroatoms. The van der Waals surface area contributed by atoms with E-state index in [-0.39, 0.29) is 0 Å². The zero-order valence-electron chi connectivity index (χ0n) is 41.0. The number of rotatable bonds is 11. The summed E-state index contributed by atoms with van der Waals surface area (Å²) in [5.74, 6) is 0. The molecule has 0 bridgehead atoms. The van der Waals surface area contributed by atoms with Gasteiger partial charge >= 0.3 is 0 Å². The summed E-state index contributed by atoms with van der Waals surface area (Å²) in [5.41, 5.74) is 25.1. The van der Waals surface area contributed by atoms with Gasteiger partial charge in [0, 0.05) is 33.8 Å². The fourth-order valence-electron chi connectivity index (χ4n) is 10.9. The SMILES string of the molecule is C1=Cc2c(c3ccccc3n2-c2cccc(-c3ccc(N(c4ccc(-c5cccc(-c6cccc(-c7ccccc7)c6)c5)cc4)c4ccc(-c5cccc(-c6cccc(-c7ccccc7)c6)c5)cc4)cc3)c2)CC1. The summed E-state index contributed by atoms with van der Waals surface area (Å²) in [5, 5.41) is 1.35. The second-order valence-electron chi connectivity index (χ2n) is 19.2. The molecule has 74 heavy (non-hydrogen) atoms. The van der Waals surface area contributed by atoms with Crippen LogP contribution in [0.3, 0.4) is 0 Å². The van der Waals surface area contributed by atoms with E-state index in [2.05, 4.69) is 301 Å². The lowest BCUT2D eigenvalue weighted by Gasteiger charge is -2.26. The zero-order valence-corrected chi connectivity index (χ0v) is 41.0. The molecule has 11 aromatic carbocycles. The zero-order chi connectivity index (χ0) is 49.2. The van der Waals surface area contributed by atoms with Crippen LogP contribution >= 0.6 is 0 Å². The molecule has 0 saturated carbocycles. The second kappa shape index (κ2) is 19.6. The van der Waals surface area contributed by atoms with Crippen molar-refractivity contribution >= 4 is 34.0 Å². The van der Waals surface area contributed by atoms with E-state index in [4.69, 9.17) is 0 Å². The molecule has 1 aliphatic rings. The smallest absolute Gasteiger partial charge is 0.0537 e. The fraction of sp³-hybridized carbons (Fsp3) is 0.0278. The van der Waals surface area contributed by atoms with Gasteiger partial charge in [-0.3, -0.25) is 0 Å². The Balaban J connectivity index is 0.836. The van der Waals surface area contributed by atoms with E-state index in [1.807, 2.05) is 0 Å². The first kappa shape index (κ1) is 44.4. The molecular weight excluding hydrogens is 893 g/mol. The molecule has 0 atom stereocenters. The minimum atomic E-state index is 1.07. The lowest BCUT2D eigenvalue weighted by molar-refractivity contribution is 0.968. The van der Waals surface area contributed by atoms with E-state index in [9.17, 15) is 0 Å². The Labute approximate surface area is 434 Å². The molecule has 0 spiro atoms.